The number of benzene rings is 1. The van der Waals surface area contributed by atoms with Gasteiger partial charge in [0.15, 0.2) is 0 Å². The molecule has 1 aliphatic carbocycles. The molecule has 0 radical (unpaired) electrons. The van der Waals surface area contributed by atoms with Crippen molar-refractivity contribution in [2.45, 2.75) is 65.7 Å². The topological polar surface area (TPSA) is 34.1 Å². The van der Waals surface area contributed by atoms with Crippen molar-refractivity contribution in [2.24, 2.45) is 17.3 Å². The van der Waals surface area contributed by atoms with E-state index in [0.29, 0.717) is 11.8 Å². The monoisotopic (exact) mass is 314 g/mol. The Balaban J connectivity index is 2.43. The summed E-state index contributed by atoms with van der Waals surface area (Å²) in [6.07, 6.45) is 5.17. The molecule has 2 rings (SSSR count). The molecule has 0 aromatic heterocycles. The van der Waals surface area contributed by atoms with Crippen LogP contribution >= 0.6 is 0 Å². The lowest BCUT2D eigenvalue weighted by molar-refractivity contribution is -0.128. The zero-order valence-electron chi connectivity index (χ0n) is 15.0. The Morgan fingerprint density at radius 2 is 1.87 bits per heavy atom. The average molecular weight is 314 g/mol. The molecule has 1 aliphatic rings. The maximum Gasteiger partial charge on any atom is 0.143 e. The van der Waals surface area contributed by atoms with Gasteiger partial charge in [-0.05, 0) is 48.1 Å². The number of rotatable bonds is 5. The smallest absolute Gasteiger partial charge is 0.143 e. The van der Waals surface area contributed by atoms with Crippen molar-refractivity contribution in [2.75, 3.05) is 0 Å². The minimum atomic E-state index is 0.0396. The molecule has 1 aromatic rings. The summed E-state index contributed by atoms with van der Waals surface area (Å²) in [6, 6.07) is 8.57. The van der Waals surface area contributed by atoms with Crippen LogP contribution in [0, 0.1) is 24.2 Å². The Morgan fingerprint density at radius 1 is 1.22 bits per heavy atom. The third kappa shape index (κ3) is 4.10. The first kappa shape index (κ1) is 17.9. The molecule has 0 heterocycles. The maximum atomic E-state index is 12.5. The van der Waals surface area contributed by atoms with Crippen LogP contribution in [0.1, 0.15) is 69.9 Å². The summed E-state index contributed by atoms with van der Waals surface area (Å²) in [6.45, 7) is 9.00. The van der Waals surface area contributed by atoms with E-state index < -0.39 is 0 Å². The normalized spacial score (nSPS) is 23.3. The number of ketones is 1. The first-order chi connectivity index (χ1) is 10.9. The van der Waals surface area contributed by atoms with Crippen molar-refractivity contribution < 1.29 is 9.59 Å². The van der Waals surface area contributed by atoms with Gasteiger partial charge in [-0.1, -0.05) is 57.9 Å². The Kier molecular flexibility index (Phi) is 5.78. The number of aldehydes is 1. The van der Waals surface area contributed by atoms with Gasteiger partial charge in [0.25, 0.3) is 0 Å². The Morgan fingerprint density at radius 3 is 2.48 bits per heavy atom. The Labute approximate surface area is 140 Å². The van der Waals surface area contributed by atoms with Crippen molar-refractivity contribution in [3.8, 4) is 0 Å². The highest BCUT2D eigenvalue weighted by Crippen LogP contribution is 2.49. The Hall–Kier alpha value is -1.44. The number of hydrogen-bond donors (Lipinski definition) is 0. The summed E-state index contributed by atoms with van der Waals surface area (Å²) < 4.78 is 0. The summed E-state index contributed by atoms with van der Waals surface area (Å²) in [7, 11) is 0. The molecular weight excluding hydrogens is 284 g/mol. The fourth-order valence-corrected chi connectivity index (χ4v) is 4.47. The minimum Gasteiger partial charge on any atom is -0.303 e. The van der Waals surface area contributed by atoms with E-state index in [0.717, 1.165) is 25.5 Å². The molecule has 0 spiro atoms. The molecule has 0 amide bonds. The van der Waals surface area contributed by atoms with Gasteiger partial charge in [-0.3, -0.25) is 4.79 Å². The minimum absolute atomic E-state index is 0.0396. The van der Waals surface area contributed by atoms with Gasteiger partial charge in [-0.15, -0.1) is 0 Å². The summed E-state index contributed by atoms with van der Waals surface area (Å²) in [5.41, 5.74) is 2.77. The van der Waals surface area contributed by atoms with Crippen molar-refractivity contribution >= 4 is 12.1 Å². The van der Waals surface area contributed by atoms with Crippen LogP contribution in [0.25, 0.3) is 0 Å². The van der Waals surface area contributed by atoms with Crippen LogP contribution in [0.2, 0.25) is 0 Å². The lowest BCUT2D eigenvalue weighted by Gasteiger charge is -2.43. The highest BCUT2D eigenvalue weighted by atomic mass is 16.1. The number of hydrogen-bond acceptors (Lipinski definition) is 2. The van der Waals surface area contributed by atoms with Crippen LogP contribution in [-0.4, -0.2) is 12.1 Å². The van der Waals surface area contributed by atoms with Gasteiger partial charge in [0.2, 0.25) is 0 Å². The average Bonchev–Trinajstić information content (AvgIpc) is 2.49. The molecule has 2 heteroatoms. The van der Waals surface area contributed by atoms with Gasteiger partial charge in [0.05, 0.1) is 6.42 Å². The fraction of sp³-hybridized carbons (Fsp3) is 0.619. The second-order valence-electron chi connectivity index (χ2n) is 8.09. The van der Waals surface area contributed by atoms with Crippen molar-refractivity contribution in [1.82, 2.24) is 0 Å². The fourth-order valence-electron chi connectivity index (χ4n) is 4.47. The largest absolute Gasteiger partial charge is 0.303 e. The van der Waals surface area contributed by atoms with Crippen molar-refractivity contribution in [1.29, 1.82) is 0 Å². The number of aryl methyl sites for hydroxylation is 1. The van der Waals surface area contributed by atoms with Crippen LogP contribution in [0.3, 0.4) is 0 Å². The van der Waals surface area contributed by atoms with Gasteiger partial charge < -0.3 is 4.79 Å². The number of carbonyl (C=O) groups excluding carboxylic acids is 2. The zero-order chi connectivity index (χ0) is 17.0. The standard InChI is InChI=1S/C21H30O2/c1-15-9-5-6-10-16(15)20(21(2,3)4)18-12-8-7-11-17(18)19(23)13-14-22/h5-6,9-10,14,17-18,20H,7-8,11-13H2,1-4H3. The summed E-state index contributed by atoms with van der Waals surface area (Å²) in [4.78, 5) is 23.4. The van der Waals surface area contributed by atoms with Gasteiger partial charge in [0, 0.05) is 5.92 Å². The molecule has 3 unspecified atom stereocenters. The van der Waals surface area contributed by atoms with E-state index >= 15 is 0 Å². The molecule has 2 nitrogen and oxygen atoms in total. The highest BCUT2D eigenvalue weighted by Gasteiger charge is 2.41. The van der Waals surface area contributed by atoms with Crippen molar-refractivity contribution in [3.63, 3.8) is 0 Å². The quantitative estimate of drug-likeness (QED) is 0.560. The molecule has 0 saturated heterocycles. The summed E-state index contributed by atoms with van der Waals surface area (Å²) in [5, 5.41) is 0. The van der Waals surface area contributed by atoms with E-state index in [-0.39, 0.29) is 23.5 Å². The van der Waals surface area contributed by atoms with E-state index in [1.54, 1.807) is 0 Å². The predicted octanol–water partition coefficient (Wildman–Crippen LogP) is 5.09. The van der Waals surface area contributed by atoms with Gasteiger partial charge in [-0.25, -0.2) is 0 Å². The van der Waals surface area contributed by atoms with E-state index in [2.05, 4.69) is 52.0 Å². The van der Waals surface area contributed by atoms with E-state index in [9.17, 15) is 9.59 Å². The summed E-state index contributed by atoms with van der Waals surface area (Å²) >= 11 is 0. The number of Topliss-reactive ketones (excluding diaryl/α,β-unsaturated/α-hetero) is 1. The first-order valence-electron chi connectivity index (χ1n) is 8.88. The van der Waals surface area contributed by atoms with Crippen LogP contribution in [-0.2, 0) is 9.59 Å². The van der Waals surface area contributed by atoms with Crippen LogP contribution in [0.15, 0.2) is 24.3 Å². The summed E-state index contributed by atoms with van der Waals surface area (Å²) in [5.74, 6) is 0.882. The van der Waals surface area contributed by atoms with Gasteiger partial charge in [-0.2, -0.15) is 0 Å². The number of carbonyl (C=O) groups is 2. The molecule has 23 heavy (non-hydrogen) atoms. The van der Waals surface area contributed by atoms with Crippen LogP contribution < -0.4 is 0 Å². The van der Waals surface area contributed by atoms with E-state index in [1.165, 1.54) is 17.5 Å². The maximum absolute atomic E-state index is 12.5. The van der Waals surface area contributed by atoms with Gasteiger partial charge in [0.1, 0.15) is 12.1 Å². The van der Waals surface area contributed by atoms with Crippen LogP contribution in [0.5, 0.6) is 0 Å². The van der Waals surface area contributed by atoms with Crippen molar-refractivity contribution in [3.05, 3.63) is 35.4 Å². The molecule has 1 saturated carbocycles. The molecule has 126 valence electrons. The zero-order valence-corrected chi connectivity index (χ0v) is 15.0. The molecule has 0 bridgehead atoms. The Bertz CT molecular complexity index is 553. The molecule has 0 N–H and O–H groups in total. The second kappa shape index (κ2) is 7.42. The molecule has 3 atom stereocenters. The molecular formula is C21H30O2. The SMILES string of the molecule is Cc1ccccc1C(C1CCCCC1C(=O)CC=O)C(C)(C)C. The lowest BCUT2D eigenvalue weighted by Crippen LogP contribution is -2.37. The third-order valence-electron chi connectivity index (χ3n) is 5.40. The van der Waals surface area contributed by atoms with Gasteiger partial charge >= 0.3 is 0 Å². The molecule has 1 fully saturated rings. The predicted molar refractivity (Wildman–Crippen MR) is 94.5 cm³/mol. The van der Waals surface area contributed by atoms with E-state index in [1.807, 2.05) is 0 Å². The van der Waals surface area contributed by atoms with Crippen LogP contribution in [0.4, 0.5) is 0 Å². The lowest BCUT2D eigenvalue weighted by atomic mass is 9.60. The highest BCUT2D eigenvalue weighted by molar-refractivity contribution is 5.91. The molecule has 0 aliphatic heterocycles. The second-order valence-corrected chi connectivity index (χ2v) is 8.09. The first-order valence-corrected chi connectivity index (χ1v) is 8.88. The van der Waals surface area contributed by atoms with E-state index in [4.69, 9.17) is 0 Å². The third-order valence-corrected chi connectivity index (χ3v) is 5.40. The molecule has 1 aromatic carbocycles.